The summed E-state index contributed by atoms with van der Waals surface area (Å²) in [4.78, 5) is 32.4. The van der Waals surface area contributed by atoms with Gasteiger partial charge in [0.15, 0.2) is 0 Å². The van der Waals surface area contributed by atoms with E-state index in [1.165, 1.54) is 0 Å². The van der Waals surface area contributed by atoms with Crippen molar-refractivity contribution in [3.63, 3.8) is 0 Å². The summed E-state index contributed by atoms with van der Waals surface area (Å²) in [5.74, 6) is -0.418. The molecule has 3 heterocycles. The largest absolute Gasteiger partial charge is 0.347 e. The summed E-state index contributed by atoms with van der Waals surface area (Å²) in [6.45, 7) is 2.45. The second kappa shape index (κ2) is 9.11. The Morgan fingerprint density at radius 2 is 1.95 bits per heavy atom. The predicted octanol–water partition coefficient (Wildman–Crippen LogP) is 4.05. The fourth-order valence-corrected chi connectivity index (χ4v) is 5.38. The molecule has 0 unspecified atom stereocenters. The van der Waals surface area contributed by atoms with E-state index in [1.807, 2.05) is 23.0 Å². The topological polar surface area (TPSA) is 128 Å². The average molecular weight is 506 g/mol. The van der Waals surface area contributed by atoms with Crippen LogP contribution in [-0.4, -0.2) is 33.1 Å². The third-order valence-corrected chi connectivity index (χ3v) is 7.74. The highest BCUT2D eigenvalue weighted by Gasteiger charge is 2.56. The van der Waals surface area contributed by atoms with Crippen LogP contribution < -0.4 is 10.2 Å². The highest BCUT2D eigenvalue weighted by Crippen LogP contribution is 2.52. The molecule has 2 saturated carbocycles. The van der Waals surface area contributed by atoms with Crippen molar-refractivity contribution in [2.24, 2.45) is 11.3 Å². The number of carbonyl (C=O) groups excluding carboxylic acids is 2. The summed E-state index contributed by atoms with van der Waals surface area (Å²) in [6.07, 6.45) is 8.40. The van der Waals surface area contributed by atoms with Crippen molar-refractivity contribution < 1.29 is 9.59 Å². The molecule has 1 saturated heterocycles. The number of aromatic nitrogens is 3. The Morgan fingerprint density at radius 1 is 1.13 bits per heavy atom. The van der Waals surface area contributed by atoms with Crippen LogP contribution in [0.3, 0.4) is 0 Å². The van der Waals surface area contributed by atoms with Gasteiger partial charge in [-0.2, -0.15) is 15.6 Å². The third kappa shape index (κ3) is 4.31. The van der Waals surface area contributed by atoms with Crippen molar-refractivity contribution in [3.05, 3.63) is 65.2 Å². The summed E-state index contributed by atoms with van der Waals surface area (Å²) in [5, 5.41) is 26.7. The maximum Gasteiger partial charge on any atom is 0.270 e. The number of amides is 2. The van der Waals surface area contributed by atoms with Crippen molar-refractivity contribution in [3.8, 4) is 23.3 Å². The Kier molecular flexibility index (Phi) is 5.72. The number of nitriles is 2. The van der Waals surface area contributed by atoms with E-state index in [0.29, 0.717) is 36.0 Å². The summed E-state index contributed by atoms with van der Waals surface area (Å²) >= 11 is 0. The fourth-order valence-electron chi connectivity index (χ4n) is 5.38. The number of nitrogens with zero attached hydrogens (tertiary/aromatic N) is 6. The molecule has 190 valence electrons. The van der Waals surface area contributed by atoms with E-state index in [1.54, 1.807) is 36.2 Å². The van der Waals surface area contributed by atoms with Gasteiger partial charge in [0.2, 0.25) is 5.91 Å². The quantitative estimate of drug-likeness (QED) is 0.516. The first-order valence-corrected chi connectivity index (χ1v) is 13.0. The molecule has 2 aliphatic carbocycles. The van der Waals surface area contributed by atoms with Gasteiger partial charge in [-0.1, -0.05) is 0 Å². The van der Waals surface area contributed by atoms with Crippen LogP contribution >= 0.6 is 0 Å². The van der Waals surface area contributed by atoms with Gasteiger partial charge < -0.3 is 10.2 Å². The van der Waals surface area contributed by atoms with Crippen molar-refractivity contribution in [1.82, 2.24) is 20.1 Å². The minimum Gasteiger partial charge on any atom is -0.347 e. The molecule has 0 spiro atoms. The first-order chi connectivity index (χ1) is 18.4. The molecule has 3 aliphatic rings. The summed E-state index contributed by atoms with van der Waals surface area (Å²) in [6, 6.07) is 13.9. The first kappa shape index (κ1) is 23.9. The minimum absolute atomic E-state index is 0.132. The van der Waals surface area contributed by atoms with E-state index in [-0.39, 0.29) is 30.0 Å². The van der Waals surface area contributed by atoms with Crippen LogP contribution in [0.5, 0.6) is 0 Å². The van der Waals surface area contributed by atoms with Gasteiger partial charge in [0.25, 0.3) is 5.91 Å². The number of nitrogens with one attached hydrogen (secondary N) is 1. The van der Waals surface area contributed by atoms with E-state index in [4.69, 9.17) is 0 Å². The average Bonchev–Trinajstić information content (AvgIpc) is 3.87. The molecule has 38 heavy (non-hydrogen) atoms. The molecule has 2 amide bonds. The molecule has 1 N–H and O–H groups in total. The van der Waals surface area contributed by atoms with Gasteiger partial charge in [0.1, 0.15) is 11.1 Å². The lowest BCUT2D eigenvalue weighted by Gasteiger charge is -2.21. The summed E-state index contributed by atoms with van der Waals surface area (Å²) in [5.41, 5.74) is 3.56. The number of hydrogen-bond acceptors (Lipinski definition) is 6. The lowest BCUT2D eigenvalue weighted by atomic mass is 9.83. The monoisotopic (exact) mass is 505 g/mol. The van der Waals surface area contributed by atoms with Gasteiger partial charge in [-0.05, 0) is 86.4 Å². The van der Waals surface area contributed by atoms with Crippen LogP contribution in [0.4, 0.5) is 5.69 Å². The number of carbonyl (C=O) groups is 2. The Bertz CT molecular complexity index is 1540. The molecule has 2 aromatic heterocycles. The molecule has 3 fully saturated rings. The number of aryl methyl sites for hydroxylation is 1. The lowest BCUT2D eigenvalue weighted by molar-refractivity contribution is -0.123. The third-order valence-electron chi connectivity index (χ3n) is 7.74. The number of pyridine rings is 1. The van der Waals surface area contributed by atoms with Crippen LogP contribution in [0.25, 0.3) is 11.1 Å². The fraction of sp³-hybridized carbons (Fsp3) is 0.379. The van der Waals surface area contributed by atoms with E-state index in [0.717, 1.165) is 42.4 Å². The molecule has 6 rings (SSSR count). The zero-order valence-electron chi connectivity index (χ0n) is 21.1. The Morgan fingerprint density at radius 3 is 2.66 bits per heavy atom. The smallest absolute Gasteiger partial charge is 0.270 e. The summed E-state index contributed by atoms with van der Waals surface area (Å²) in [7, 11) is 0. The molecule has 9 heteroatoms. The first-order valence-electron chi connectivity index (χ1n) is 13.0. The lowest BCUT2D eigenvalue weighted by Crippen LogP contribution is -2.35. The van der Waals surface area contributed by atoms with E-state index >= 15 is 0 Å². The van der Waals surface area contributed by atoms with Gasteiger partial charge in [0.05, 0.1) is 29.9 Å². The normalized spacial score (nSPS) is 20.7. The highest BCUT2D eigenvalue weighted by atomic mass is 16.2. The molecule has 1 atom stereocenters. The van der Waals surface area contributed by atoms with E-state index < -0.39 is 5.41 Å². The van der Waals surface area contributed by atoms with Crippen molar-refractivity contribution in [1.29, 1.82) is 10.5 Å². The van der Waals surface area contributed by atoms with Gasteiger partial charge in [0, 0.05) is 36.2 Å². The standard InChI is InChI=1S/C29H27N7O2/c1-18-8-25(35-7-6-29(17-31,28(35)38)23-2-3-23)12-26(34-18)27(37)32-14-20-9-19(13-30)10-21(11-20)22-15-33-36(16-22)24-4-5-24/h8-12,15-16,23-24H,2-7,14H2,1H3,(H,32,37)/t29-/m1/s1. The Balaban J connectivity index is 1.19. The zero-order chi connectivity index (χ0) is 26.4. The molecular weight excluding hydrogens is 478 g/mol. The molecule has 9 nitrogen and oxygen atoms in total. The molecule has 3 aromatic rings. The van der Waals surface area contributed by atoms with Gasteiger partial charge in [-0.15, -0.1) is 0 Å². The van der Waals surface area contributed by atoms with E-state index in [2.05, 4.69) is 27.5 Å². The Hall–Kier alpha value is -4.50. The van der Waals surface area contributed by atoms with Crippen LogP contribution in [0, 0.1) is 40.9 Å². The SMILES string of the molecule is Cc1cc(N2CC[C@@](C#N)(C3CC3)C2=O)cc(C(=O)NCc2cc(C#N)cc(-c3cnn(C4CC4)c3)c2)n1. The maximum absolute atomic E-state index is 13.2. The number of hydrogen-bond donors (Lipinski definition) is 1. The Labute approximate surface area is 220 Å². The van der Waals surface area contributed by atoms with Crippen LogP contribution in [-0.2, 0) is 11.3 Å². The molecule has 0 radical (unpaired) electrons. The van der Waals surface area contributed by atoms with Gasteiger partial charge >= 0.3 is 0 Å². The van der Waals surface area contributed by atoms with Crippen molar-refractivity contribution in [2.45, 2.75) is 51.6 Å². The number of benzene rings is 1. The van der Waals surface area contributed by atoms with Crippen LogP contribution in [0.1, 0.15) is 65.5 Å². The molecule has 1 aliphatic heterocycles. The van der Waals surface area contributed by atoms with Crippen LogP contribution in [0.15, 0.2) is 42.7 Å². The molecule has 0 bridgehead atoms. The summed E-state index contributed by atoms with van der Waals surface area (Å²) < 4.78 is 1.97. The highest BCUT2D eigenvalue weighted by molar-refractivity contribution is 6.03. The zero-order valence-corrected chi connectivity index (χ0v) is 21.1. The second-order valence-corrected chi connectivity index (χ2v) is 10.6. The number of rotatable bonds is 7. The maximum atomic E-state index is 13.2. The van der Waals surface area contributed by atoms with E-state index in [9.17, 15) is 20.1 Å². The molecule has 1 aromatic carbocycles. The van der Waals surface area contributed by atoms with Gasteiger partial charge in [-0.3, -0.25) is 14.3 Å². The van der Waals surface area contributed by atoms with Crippen molar-refractivity contribution in [2.75, 3.05) is 11.4 Å². The second-order valence-electron chi connectivity index (χ2n) is 10.6. The van der Waals surface area contributed by atoms with Gasteiger partial charge in [-0.25, -0.2) is 4.98 Å². The number of anilines is 1. The van der Waals surface area contributed by atoms with Crippen LogP contribution in [0.2, 0.25) is 0 Å². The predicted molar refractivity (Wildman–Crippen MR) is 139 cm³/mol. The minimum atomic E-state index is -0.946. The molecular formula is C29H27N7O2. The van der Waals surface area contributed by atoms with Crippen molar-refractivity contribution >= 4 is 17.5 Å².